The minimum absolute atomic E-state index is 0.0370. The number of amides is 1. The molecule has 0 aliphatic heterocycles. The van der Waals surface area contributed by atoms with Crippen molar-refractivity contribution in [3.8, 4) is 17.2 Å². The number of nitrogens with one attached hydrogen (secondary N) is 1. The number of anilines is 1. The minimum atomic E-state index is -4.57. The van der Waals surface area contributed by atoms with Crippen LogP contribution in [-0.4, -0.2) is 11.9 Å². The van der Waals surface area contributed by atoms with Crippen LogP contribution in [0.2, 0.25) is 5.02 Å². The fraction of sp³-hybridized carbons (Fsp3) is 0.0909. The van der Waals surface area contributed by atoms with Crippen molar-refractivity contribution in [1.82, 2.24) is 0 Å². The first kappa shape index (κ1) is 26.5. The molecule has 0 spiro atoms. The van der Waals surface area contributed by atoms with Crippen LogP contribution < -0.4 is 14.8 Å². The van der Waals surface area contributed by atoms with E-state index in [0.29, 0.717) is 8.95 Å². The number of halogens is 7. The molecule has 34 heavy (non-hydrogen) atoms. The zero-order valence-corrected chi connectivity index (χ0v) is 22.4. The zero-order chi connectivity index (χ0) is 25.2. The van der Waals surface area contributed by atoms with Gasteiger partial charge in [0.1, 0.15) is 11.5 Å². The van der Waals surface area contributed by atoms with Crippen LogP contribution in [-0.2, 0) is 11.0 Å². The van der Waals surface area contributed by atoms with Crippen molar-refractivity contribution in [2.45, 2.75) is 13.1 Å². The molecule has 0 unspecified atom stereocenters. The predicted molar refractivity (Wildman–Crippen MR) is 132 cm³/mol. The first-order chi connectivity index (χ1) is 15.8. The van der Waals surface area contributed by atoms with Crippen molar-refractivity contribution < 1.29 is 32.2 Å². The Labute approximate surface area is 222 Å². The van der Waals surface area contributed by atoms with Crippen LogP contribution in [0.25, 0.3) is 0 Å². The molecule has 0 aliphatic rings. The van der Waals surface area contributed by atoms with Gasteiger partial charge in [0.15, 0.2) is 5.75 Å². The number of carbonyl (C=O) groups excluding carboxylic acids is 2. The monoisotopic (exact) mass is 683 g/mol. The molecule has 3 rings (SSSR count). The summed E-state index contributed by atoms with van der Waals surface area (Å²) in [6.07, 6.45) is -4.57. The van der Waals surface area contributed by atoms with Crippen LogP contribution in [0.4, 0.5) is 18.9 Å². The number of rotatable bonds is 5. The first-order valence-corrected chi connectivity index (χ1v) is 11.9. The van der Waals surface area contributed by atoms with Crippen LogP contribution in [0.15, 0.2) is 61.9 Å². The van der Waals surface area contributed by atoms with E-state index in [2.05, 4.69) is 53.1 Å². The highest BCUT2D eigenvalue weighted by Crippen LogP contribution is 2.39. The van der Waals surface area contributed by atoms with Gasteiger partial charge in [0.2, 0.25) is 0 Å². The van der Waals surface area contributed by atoms with Gasteiger partial charge in [-0.2, -0.15) is 13.2 Å². The Balaban J connectivity index is 1.83. The molecule has 0 saturated carbocycles. The van der Waals surface area contributed by atoms with Gasteiger partial charge < -0.3 is 14.8 Å². The van der Waals surface area contributed by atoms with Crippen LogP contribution in [0.1, 0.15) is 22.8 Å². The van der Waals surface area contributed by atoms with E-state index < -0.39 is 23.6 Å². The largest absolute Gasteiger partial charge is 0.456 e. The van der Waals surface area contributed by atoms with Crippen molar-refractivity contribution >= 4 is 77.0 Å². The smallest absolute Gasteiger partial charge is 0.417 e. The average Bonchev–Trinajstić information content (AvgIpc) is 2.72. The Morgan fingerprint density at radius 1 is 0.971 bits per heavy atom. The summed E-state index contributed by atoms with van der Waals surface area (Å²) in [4.78, 5) is 24.3. The van der Waals surface area contributed by atoms with E-state index in [1.807, 2.05) is 0 Å². The highest BCUT2D eigenvalue weighted by molar-refractivity contribution is 9.11. The third kappa shape index (κ3) is 6.53. The van der Waals surface area contributed by atoms with E-state index in [1.165, 1.54) is 43.3 Å². The summed E-state index contributed by atoms with van der Waals surface area (Å²) in [6.45, 7) is 1.21. The van der Waals surface area contributed by atoms with E-state index in [9.17, 15) is 22.8 Å². The van der Waals surface area contributed by atoms with E-state index in [4.69, 9.17) is 21.1 Å². The Kier molecular flexibility index (Phi) is 8.33. The lowest BCUT2D eigenvalue weighted by molar-refractivity contribution is -0.138. The maximum atomic E-state index is 13.1. The molecule has 0 radical (unpaired) electrons. The highest BCUT2D eigenvalue weighted by Gasteiger charge is 2.33. The molecule has 0 heterocycles. The molecular formula is C22H12Br3ClF3NO4. The summed E-state index contributed by atoms with van der Waals surface area (Å²) in [5.74, 6) is -1.15. The van der Waals surface area contributed by atoms with Gasteiger partial charge in [0.25, 0.3) is 5.91 Å². The van der Waals surface area contributed by atoms with Gasteiger partial charge in [-0.15, -0.1) is 0 Å². The number of ether oxygens (including phenoxy) is 2. The molecular weight excluding hydrogens is 674 g/mol. The Morgan fingerprint density at radius 2 is 1.68 bits per heavy atom. The summed E-state index contributed by atoms with van der Waals surface area (Å²) in [6, 6.07) is 10.7. The Hall–Kier alpha value is -2.08. The van der Waals surface area contributed by atoms with E-state index >= 15 is 0 Å². The molecule has 1 N–H and O–H groups in total. The molecule has 0 aromatic heterocycles. The van der Waals surface area contributed by atoms with E-state index in [1.54, 1.807) is 6.07 Å². The third-order valence-electron chi connectivity index (χ3n) is 4.16. The Morgan fingerprint density at radius 3 is 2.29 bits per heavy atom. The molecule has 178 valence electrons. The molecule has 0 aliphatic carbocycles. The minimum Gasteiger partial charge on any atom is -0.456 e. The summed E-state index contributed by atoms with van der Waals surface area (Å²) < 4.78 is 50.8. The molecule has 12 heteroatoms. The van der Waals surface area contributed by atoms with Crippen molar-refractivity contribution in [3.05, 3.63) is 78.1 Å². The summed E-state index contributed by atoms with van der Waals surface area (Å²) >= 11 is 15.6. The number of benzene rings is 3. The average molecular weight is 687 g/mol. The number of carbonyl (C=O) groups is 2. The second-order valence-corrected chi connectivity index (χ2v) is 9.73. The number of esters is 1. The molecule has 5 nitrogen and oxygen atoms in total. The fourth-order valence-corrected chi connectivity index (χ4v) is 4.75. The van der Waals surface area contributed by atoms with Gasteiger partial charge in [-0.3, -0.25) is 9.59 Å². The van der Waals surface area contributed by atoms with Crippen molar-refractivity contribution in [2.24, 2.45) is 0 Å². The van der Waals surface area contributed by atoms with Crippen LogP contribution in [0.5, 0.6) is 17.2 Å². The molecule has 0 fully saturated rings. The first-order valence-electron chi connectivity index (χ1n) is 9.18. The molecule has 3 aromatic carbocycles. The summed E-state index contributed by atoms with van der Waals surface area (Å²) in [5.41, 5.74) is -0.546. The number of hydrogen-bond donors (Lipinski definition) is 1. The summed E-state index contributed by atoms with van der Waals surface area (Å²) in [5, 5.41) is 2.67. The second kappa shape index (κ2) is 10.7. The summed E-state index contributed by atoms with van der Waals surface area (Å²) in [7, 11) is 0. The molecule has 0 atom stereocenters. The van der Waals surface area contributed by atoms with Crippen molar-refractivity contribution in [1.29, 1.82) is 0 Å². The van der Waals surface area contributed by atoms with Gasteiger partial charge >= 0.3 is 12.1 Å². The maximum Gasteiger partial charge on any atom is 0.417 e. The van der Waals surface area contributed by atoms with Gasteiger partial charge in [-0.1, -0.05) is 43.5 Å². The number of alkyl halides is 3. The molecule has 3 aromatic rings. The van der Waals surface area contributed by atoms with Crippen LogP contribution in [0.3, 0.4) is 0 Å². The SMILES string of the molecule is CC(=O)Oc1c(Br)cc(Br)cc1C(=O)Nc1ccc(Oc2ccc(Br)c(C(F)(F)F)c2)c(Cl)c1. The van der Waals surface area contributed by atoms with Gasteiger partial charge in [-0.05, 0) is 64.5 Å². The van der Waals surface area contributed by atoms with Crippen molar-refractivity contribution in [3.63, 3.8) is 0 Å². The lowest BCUT2D eigenvalue weighted by Gasteiger charge is -2.14. The van der Waals surface area contributed by atoms with Gasteiger partial charge in [0.05, 0.1) is 20.6 Å². The second-order valence-electron chi connectivity index (χ2n) is 6.70. The van der Waals surface area contributed by atoms with Crippen LogP contribution >= 0.6 is 59.4 Å². The molecule has 0 bridgehead atoms. The zero-order valence-electron chi connectivity index (χ0n) is 16.9. The van der Waals surface area contributed by atoms with E-state index in [0.717, 1.165) is 6.07 Å². The lowest BCUT2D eigenvalue weighted by Crippen LogP contribution is -2.15. The van der Waals surface area contributed by atoms with Crippen molar-refractivity contribution in [2.75, 3.05) is 5.32 Å². The Bertz CT molecular complexity index is 1280. The quantitative estimate of drug-likeness (QED) is 0.216. The standard InChI is InChI=1S/C22H12Br3ClF3NO4/c1-10(31)33-20-14(6-11(23)7-17(20)25)21(32)30-12-2-5-19(18(26)8-12)34-13-3-4-16(24)15(9-13)22(27,28)29/h2-9H,1H3,(H,30,32). The van der Waals surface area contributed by atoms with E-state index in [-0.39, 0.29) is 38.0 Å². The fourth-order valence-electron chi connectivity index (χ4n) is 2.75. The third-order valence-corrected chi connectivity index (χ3v) is 6.19. The molecule has 1 amide bonds. The lowest BCUT2D eigenvalue weighted by atomic mass is 10.1. The topological polar surface area (TPSA) is 64.6 Å². The normalized spacial score (nSPS) is 11.2. The van der Waals surface area contributed by atoms with Gasteiger partial charge in [-0.25, -0.2) is 0 Å². The van der Waals surface area contributed by atoms with Crippen LogP contribution in [0, 0.1) is 0 Å². The maximum absolute atomic E-state index is 13.1. The van der Waals surface area contributed by atoms with Gasteiger partial charge in [0, 0.05) is 21.6 Å². The predicted octanol–water partition coefficient (Wildman–Crippen LogP) is 8.62. The molecule has 0 saturated heterocycles. The number of hydrogen-bond acceptors (Lipinski definition) is 4. The highest BCUT2D eigenvalue weighted by atomic mass is 79.9.